The number of hydrogen-bond acceptors (Lipinski definition) is 2. The van der Waals surface area contributed by atoms with Crippen LogP contribution in [0.4, 0.5) is 0 Å². The first-order chi connectivity index (χ1) is 11.2. The summed E-state index contributed by atoms with van der Waals surface area (Å²) in [5.74, 6) is -0.590. The molecule has 0 spiro atoms. The van der Waals surface area contributed by atoms with Gasteiger partial charge in [-0.1, -0.05) is 66.7 Å². The molecule has 0 aliphatic rings. The fraction of sp³-hybridized carbons (Fsp3) is 0.0526. The van der Waals surface area contributed by atoms with Crippen molar-refractivity contribution >= 4 is 22.6 Å². The average Bonchev–Trinajstić information content (AvgIpc) is 2.60. The van der Waals surface area contributed by atoms with Gasteiger partial charge in [0.05, 0.1) is 6.42 Å². The van der Waals surface area contributed by atoms with Crippen molar-refractivity contribution in [3.8, 4) is 0 Å². The minimum atomic E-state index is -0.330. The maximum atomic E-state index is 12.3. The monoisotopic (exact) mass is 304 g/mol. The zero-order valence-corrected chi connectivity index (χ0v) is 12.5. The maximum Gasteiger partial charge on any atom is 0.270 e. The zero-order valence-electron chi connectivity index (χ0n) is 12.5. The van der Waals surface area contributed by atoms with Gasteiger partial charge < -0.3 is 0 Å². The van der Waals surface area contributed by atoms with Gasteiger partial charge in [-0.3, -0.25) is 20.4 Å². The predicted octanol–water partition coefficient (Wildman–Crippen LogP) is 2.84. The minimum Gasteiger partial charge on any atom is -0.273 e. The molecule has 3 aromatic rings. The summed E-state index contributed by atoms with van der Waals surface area (Å²) in [6.07, 6.45) is 0.219. The van der Waals surface area contributed by atoms with Gasteiger partial charge in [0, 0.05) is 5.56 Å². The number of amides is 2. The van der Waals surface area contributed by atoms with Crippen LogP contribution in [0.1, 0.15) is 15.9 Å². The maximum absolute atomic E-state index is 12.3. The lowest BCUT2D eigenvalue weighted by atomic mass is 10.0. The molecule has 0 aliphatic carbocycles. The molecule has 4 nitrogen and oxygen atoms in total. The Balaban J connectivity index is 1.66. The summed E-state index contributed by atoms with van der Waals surface area (Å²) in [5, 5.41) is 1.83. The summed E-state index contributed by atoms with van der Waals surface area (Å²) in [4.78, 5) is 24.2. The summed E-state index contributed by atoms with van der Waals surface area (Å²) in [6, 6.07) is 22.5. The van der Waals surface area contributed by atoms with Crippen LogP contribution < -0.4 is 10.9 Å². The molecule has 4 heteroatoms. The second-order valence-electron chi connectivity index (χ2n) is 5.19. The fourth-order valence-electron chi connectivity index (χ4n) is 2.44. The van der Waals surface area contributed by atoms with E-state index >= 15 is 0 Å². The zero-order chi connectivity index (χ0) is 16.1. The molecule has 2 amide bonds. The third kappa shape index (κ3) is 3.55. The van der Waals surface area contributed by atoms with Crippen molar-refractivity contribution in [1.82, 2.24) is 10.9 Å². The first-order valence-electron chi connectivity index (χ1n) is 7.35. The highest BCUT2D eigenvalue weighted by molar-refractivity contribution is 6.07. The van der Waals surface area contributed by atoms with Gasteiger partial charge in [-0.05, 0) is 22.4 Å². The van der Waals surface area contributed by atoms with E-state index in [0.29, 0.717) is 5.56 Å². The molecule has 0 bridgehead atoms. The number of rotatable bonds is 3. The molecule has 0 heterocycles. The van der Waals surface area contributed by atoms with E-state index in [-0.39, 0.29) is 18.2 Å². The fourth-order valence-corrected chi connectivity index (χ4v) is 2.44. The Bertz CT molecular complexity index is 839. The van der Waals surface area contributed by atoms with Crippen LogP contribution in [-0.4, -0.2) is 11.8 Å². The molecule has 0 radical (unpaired) electrons. The Hall–Kier alpha value is -3.14. The topological polar surface area (TPSA) is 58.2 Å². The van der Waals surface area contributed by atoms with Gasteiger partial charge >= 0.3 is 0 Å². The number of hydrogen-bond donors (Lipinski definition) is 2. The summed E-state index contributed by atoms with van der Waals surface area (Å²) >= 11 is 0. The standard InChI is InChI=1S/C19H16N2O2/c22-18(13-14-7-2-1-3-8-14)20-21-19(23)17-12-6-10-15-9-4-5-11-16(15)17/h1-12H,13H2,(H,20,22)(H,21,23). The molecule has 0 aliphatic heterocycles. The Labute approximate surface area is 134 Å². The number of hydrazine groups is 1. The number of fused-ring (bicyclic) bond motifs is 1. The van der Waals surface area contributed by atoms with E-state index in [1.807, 2.05) is 66.7 Å². The Morgan fingerprint density at radius 1 is 0.739 bits per heavy atom. The molecule has 3 aromatic carbocycles. The van der Waals surface area contributed by atoms with Crippen LogP contribution in [-0.2, 0) is 11.2 Å². The Kier molecular flexibility index (Phi) is 4.34. The summed E-state index contributed by atoms with van der Waals surface area (Å²) in [6.45, 7) is 0. The van der Waals surface area contributed by atoms with Crippen LogP contribution in [0.5, 0.6) is 0 Å². The molecule has 3 rings (SSSR count). The van der Waals surface area contributed by atoms with Crippen LogP contribution in [0.15, 0.2) is 72.8 Å². The predicted molar refractivity (Wildman–Crippen MR) is 89.7 cm³/mol. The highest BCUT2D eigenvalue weighted by Gasteiger charge is 2.10. The summed E-state index contributed by atoms with van der Waals surface area (Å²) in [5.41, 5.74) is 6.35. The van der Waals surface area contributed by atoms with Gasteiger partial charge in [0.1, 0.15) is 0 Å². The molecule has 0 aromatic heterocycles. The second kappa shape index (κ2) is 6.75. The van der Waals surface area contributed by atoms with Crippen molar-refractivity contribution in [2.75, 3.05) is 0 Å². The normalized spacial score (nSPS) is 10.3. The average molecular weight is 304 g/mol. The lowest BCUT2D eigenvalue weighted by molar-refractivity contribution is -0.121. The Morgan fingerprint density at radius 2 is 1.43 bits per heavy atom. The van der Waals surface area contributed by atoms with Gasteiger partial charge in [0.25, 0.3) is 5.91 Å². The smallest absolute Gasteiger partial charge is 0.270 e. The van der Waals surface area contributed by atoms with E-state index in [2.05, 4.69) is 10.9 Å². The minimum absolute atomic E-state index is 0.219. The number of carbonyl (C=O) groups is 2. The molecular formula is C19H16N2O2. The number of benzene rings is 3. The van der Waals surface area contributed by atoms with E-state index < -0.39 is 0 Å². The van der Waals surface area contributed by atoms with Crippen LogP contribution >= 0.6 is 0 Å². The van der Waals surface area contributed by atoms with Gasteiger partial charge in [0.15, 0.2) is 0 Å². The largest absolute Gasteiger partial charge is 0.273 e. The molecule has 0 fully saturated rings. The molecule has 23 heavy (non-hydrogen) atoms. The molecule has 0 atom stereocenters. The van der Waals surface area contributed by atoms with Crippen molar-refractivity contribution in [2.45, 2.75) is 6.42 Å². The molecular weight excluding hydrogens is 288 g/mol. The molecule has 114 valence electrons. The van der Waals surface area contributed by atoms with Crippen LogP contribution in [0.25, 0.3) is 10.8 Å². The Morgan fingerprint density at radius 3 is 2.26 bits per heavy atom. The van der Waals surface area contributed by atoms with E-state index in [4.69, 9.17) is 0 Å². The van der Waals surface area contributed by atoms with Crippen molar-refractivity contribution in [1.29, 1.82) is 0 Å². The third-order valence-corrected chi connectivity index (χ3v) is 3.56. The van der Waals surface area contributed by atoms with Gasteiger partial charge in [-0.25, -0.2) is 0 Å². The van der Waals surface area contributed by atoms with Crippen LogP contribution in [0.3, 0.4) is 0 Å². The summed E-state index contributed by atoms with van der Waals surface area (Å²) in [7, 11) is 0. The number of nitrogens with one attached hydrogen (secondary N) is 2. The SMILES string of the molecule is O=C(Cc1ccccc1)NNC(=O)c1cccc2ccccc12. The van der Waals surface area contributed by atoms with Crippen LogP contribution in [0, 0.1) is 0 Å². The molecule has 0 saturated heterocycles. The van der Waals surface area contributed by atoms with Gasteiger partial charge in [0.2, 0.25) is 5.91 Å². The highest BCUT2D eigenvalue weighted by Crippen LogP contribution is 2.18. The van der Waals surface area contributed by atoms with Crippen LogP contribution in [0.2, 0.25) is 0 Å². The van der Waals surface area contributed by atoms with Gasteiger partial charge in [-0.2, -0.15) is 0 Å². The molecule has 0 unspecified atom stereocenters. The third-order valence-electron chi connectivity index (χ3n) is 3.56. The van der Waals surface area contributed by atoms with Crippen molar-refractivity contribution in [2.24, 2.45) is 0 Å². The second-order valence-corrected chi connectivity index (χ2v) is 5.19. The first-order valence-corrected chi connectivity index (χ1v) is 7.35. The van der Waals surface area contributed by atoms with Crippen molar-refractivity contribution < 1.29 is 9.59 Å². The van der Waals surface area contributed by atoms with Crippen molar-refractivity contribution in [3.05, 3.63) is 83.9 Å². The van der Waals surface area contributed by atoms with E-state index in [9.17, 15) is 9.59 Å². The number of carbonyl (C=O) groups excluding carboxylic acids is 2. The van der Waals surface area contributed by atoms with Gasteiger partial charge in [-0.15, -0.1) is 0 Å². The first kappa shape index (κ1) is 14.8. The lowest BCUT2D eigenvalue weighted by Gasteiger charge is -2.09. The molecule has 0 saturated carbocycles. The lowest BCUT2D eigenvalue weighted by Crippen LogP contribution is -2.42. The summed E-state index contributed by atoms with van der Waals surface area (Å²) < 4.78 is 0. The van der Waals surface area contributed by atoms with Crippen molar-refractivity contribution in [3.63, 3.8) is 0 Å². The van der Waals surface area contributed by atoms with E-state index in [0.717, 1.165) is 16.3 Å². The quantitative estimate of drug-likeness (QED) is 0.731. The molecule has 2 N–H and O–H groups in total. The van der Waals surface area contributed by atoms with E-state index in [1.165, 1.54) is 0 Å². The van der Waals surface area contributed by atoms with E-state index in [1.54, 1.807) is 6.07 Å². The highest BCUT2D eigenvalue weighted by atomic mass is 16.2.